The third-order valence-electron chi connectivity index (χ3n) is 4.49. The zero-order valence-corrected chi connectivity index (χ0v) is 15.3. The van der Waals surface area contributed by atoms with Crippen molar-refractivity contribution in [1.29, 1.82) is 0 Å². The molecule has 0 aliphatic rings. The number of rotatable bonds is 3. The summed E-state index contributed by atoms with van der Waals surface area (Å²) in [6.45, 7) is 1.79. The van der Waals surface area contributed by atoms with Crippen LogP contribution in [0.1, 0.15) is 11.3 Å². The average molecular weight is 401 g/mol. The molecule has 4 aromatic rings. The van der Waals surface area contributed by atoms with E-state index in [1.165, 1.54) is 35.0 Å². The van der Waals surface area contributed by atoms with E-state index < -0.39 is 11.7 Å². The van der Waals surface area contributed by atoms with Gasteiger partial charge in [0.25, 0.3) is 11.4 Å². The number of benzene rings is 1. The first-order valence-corrected chi connectivity index (χ1v) is 8.49. The molecular formula is C19H14F3N5O2. The molecular weight excluding hydrogens is 387 g/mol. The van der Waals surface area contributed by atoms with Crippen LogP contribution in [0.2, 0.25) is 0 Å². The van der Waals surface area contributed by atoms with Gasteiger partial charge in [-0.25, -0.2) is 4.68 Å². The largest absolute Gasteiger partial charge is 0.418 e. The molecule has 0 amide bonds. The number of nitrogens with zero attached hydrogens (tertiary/aromatic N) is 5. The van der Waals surface area contributed by atoms with Crippen LogP contribution in [0, 0.1) is 6.92 Å². The number of aromatic nitrogens is 5. The topological polar surface area (TPSA) is 78.7 Å². The molecule has 0 bridgehead atoms. The summed E-state index contributed by atoms with van der Waals surface area (Å²) in [6.07, 6.45) is -3.15. The van der Waals surface area contributed by atoms with Gasteiger partial charge in [-0.05, 0) is 37.3 Å². The number of pyridine rings is 1. The normalized spacial score (nSPS) is 11.8. The number of hydrogen-bond donors (Lipinski definition) is 0. The van der Waals surface area contributed by atoms with Gasteiger partial charge in [-0.15, -0.1) is 0 Å². The molecule has 10 heteroatoms. The van der Waals surface area contributed by atoms with Gasteiger partial charge in [0.1, 0.15) is 0 Å². The molecule has 7 nitrogen and oxygen atoms in total. The Hall–Kier alpha value is -3.69. The van der Waals surface area contributed by atoms with Crippen molar-refractivity contribution in [2.45, 2.75) is 13.1 Å². The SMILES string of the molecule is Cc1ccc(-c2noc(-c3ccn(-c4ccccc4C(F)(F)F)n3)n2)c(=O)n1C. The van der Waals surface area contributed by atoms with Crippen LogP contribution >= 0.6 is 0 Å². The molecule has 0 spiro atoms. The monoisotopic (exact) mass is 401 g/mol. The smallest absolute Gasteiger partial charge is 0.332 e. The molecule has 3 heterocycles. The standard InChI is InChI=1S/C19H14F3N5O2/c1-11-7-8-12(18(28)26(11)2)16-23-17(29-25-16)14-9-10-27(24-14)15-6-4-3-5-13(15)19(20,21)22/h3-10H,1-2H3. The summed E-state index contributed by atoms with van der Waals surface area (Å²) in [5, 5.41) is 7.93. The van der Waals surface area contributed by atoms with E-state index in [0.717, 1.165) is 16.4 Å². The highest BCUT2D eigenvalue weighted by Gasteiger charge is 2.34. The maximum Gasteiger partial charge on any atom is 0.418 e. The number of aryl methyl sites for hydroxylation is 1. The van der Waals surface area contributed by atoms with E-state index in [-0.39, 0.29) is 34.2 Å². The molecule has 0 N–H and O–H groups in total. The molecule has 0 saturated carbocycles. The lowest BCUT2D eigenvalue weighted by Crippen LogP contribution is -2.20. The predicted molar refractivity (Wildman–Crippen MR) is 97.3 cm³/mol. The van der Waals surface area contributed by atoms with Crippen LogP contribution in [-0.4, -0.2) is 24.5 Å². The van der Waals surface area contributed by atoms with E-state index in [2.05, 4.69) is 15.2 Å². The van der Waals surface area contributed by atoms with Crippen LogP contribution in [0.15, 0.2) is 58.0 Å². The molecule has 29 heavy (non-hydrogen) atoms. The summed E-state index contributed by atoms with van der Waals surface area (Å²) < 4.78 is 47.4. The molecule has 3 aromatic heterocycles. The Bertz CT molecular complexity index is 1250. The lowest BCUT2D eigenvalue weighted by atomic mass is 10.2. The van der Waals surface area contributed by atoms with Crippen molar-refractivity contribution in [3.63, 3.8) is 0 Å². The van der Waals surface area contributed by atoms with Crippen molar-refractivity contribution < 1.29 is 17.7 Å². The van der Waals surface area contributed by atoms with Crippen LogP contribution in [0.3, 0.4) is 0 Å². The molecule has 0 atom stereocenters. The zero-order valence-electron chi connectivity index (χ0n) is 15.3. The van der Waals surface area contributed by atoms with Gasteiger partial charge in [0.15, 0.2) is 5.69 Å². The molecule has 4 rings (SSSR count). The number of hydrogen-bond acceptors (Lipinski definition) is 5. The lowest BCUT2D eigenvalue weighted by molar-refractivity contribution is -0.137. The zero-order chi connectivity index (χ0) is 20.8. The fourth-order valence-corrected chi connectivity index (χ4v) is 2.82. The van der Waals surface area contributed by atoms with Crippen LogP contribution in [0.4, 0.5) is 13.2 Å². The first-order chi connectivity index (χ1) is 13.8. The molecule has 0 fully saturated rings. The van der Waals surface area contributed by atoms with Gasteiger partial charge in [-0.2, -0.15) is 23.3 Å². The number of para-hydroxylation sites is 1. The Morgan fingerprint density at radius 2 is 1.83 bits per heavy atom. The molecule has 0 radical (unpaired) electrons. The van der Waals surface area contributed by atoms with Crippen LogP contribution in [0.5, 0.6) is 0 Å². The number of halogens is 3. The molecule has 1 aromatic carbocycles. The summed E-state index contributed by atoms with van der Waals surface area (Å²) in [4.78, 5) is 16.5. The highest BCUT2D eigenvalue weighted by Crippen LogP contribution is 2.33. The van der Waals surface area contributed by atoms with Crippen molar-refractivity contribution in [3.05, 3.63) is 70.3 Å². The second-order valence-electron chi connectivity index (χ2n) is 6.34. The fourth-order valence-electron chi connectivity index (χ4n) is 2.82. The first-order valence-electron chi connectivity index (χ1n) is 8.49. The fraction of sp³-hybridized carbons (Fsp3) is 0.158. The minimum Gasteiger partial charge on any atom is -0.332 e. The van der Waals surface area contributed by atoms with E-state index in [1.807, 2.05) is 0 Å². The van der Waals surface area contributed by atoms with E-state index in [9.17, 15) is 18.0 Å². The summed E-state index contributed by atoms with van der Waals surface area (Å²) in [5.74, 6) is 0.0664. The third kappa shape index (κ3) is 3.33. The summed E-state index contributed by atoms with van der Waals surface area (Å²) in [7, 11) is 1.63. The van der Waals surface area contributed by atoms with Crippen molar-refractivity contribution >= 4 is 0 Å². The second-order valence-corrected chi connectivity index (χ2v) is 6.34. The van der Waals surface area contributed by atoms with Gasteiger partial charge in [-0.3, -0.25) is 4.79 Å². The Morgan fingerprint density at radius 3 is 2.59 bits per heavy atom. The van der Waals surface area contributed by atoms with Crippen molar-refractivity contribution in [2.75, 3.05) is 0 Å². The molecule has 0 aliphatic carbocycles. The number of alkyl halides is 3. The maximum absolute atomic E-state index is 13.2. The van der Waals surface area contributed by atoms with Crippen molar-refractivity contribution in [2.24, 2.45) is 7.05 Å². The first kappa shape index (κ1) is 18.7. The molecule has 0 aliphatic heterocycles. The van der Waals surface area contributed by atoms with E-state index in [0.29, 0.717) is 0 Å². The van der Waals surface area contributed by atoms with Gasteiger partial charge in [-0.1, -0.05) is 17.3 Å². The van der Waals surface area contributed by atoms with E-state index in [4.69, 9.17) is 4.52 Å². The molecule has 0 unspecified atom stereocenters. The quantitative estimate of drug-likeness (QED) is 0.524. The van der Waals surface area contributed by atoms with E-state index in [1.54, 1.807) is 26.1 Å². The minimum absolute atomic E-state index is 0.00846. The second kappa shape index (κ2) is 6.73. The van der Waals surface area contributed by atoms with Crippen molar-refractivity contribution in [3.8, 4) is 28.7 Å². The van der Waals surface area contributed by atoms with Crippen LogP contribution < -0.4 is 5.56 Å². The summed E-state index contributed by atoms with van der Waals surface area (Å²) in [6, 6.07) is 9.88. The van der Waals surface area contributed by atoms with Gasteiger partial charge < -0.3 is 9.09 Å². The highest BCUT2D eigenvalue weighted by molar-refractivity contribution is 5.57. The lowest BCUT2D eigenvalue weighted by Gasteiger charge is -2.12. The van der Waals surface area contributed by atoms with E-state index >= 15 is 0 Å². The van der Waals surface area contributed by atoms with Gasteiger partial charge >= 0.3 is 6.18 Å². The molecule has 148 valence electrons. The van der Waals surface area contributed by atoms with Gasteiger partial charge in [0.05, 0.1) is 16.8 Å². The Morgan fingerprint density at radius 1 is 1.07 bits per heavy atom. The summed E-state index contributed by atoms with van der Waals surface area (Å²) >= 11 is 0. The van der Waals surface area contributed by atoms with Gasteiger partial charge in [0, 0.05) is 18.9 Å². The Kier molecular flexibility index (Phi) is 4.33. The van der Waals surface area contributed by atoms with Crippen LogP contribution in [-0.2, 0) is 13.2 Å². The Balaban J connectivity index is 1.71. The minimum atomic E-state index is -4.52. The predicted octanol–water partition coefficient (Wildman–Crippen LogP) is 3.62. The third-order valence-corrected chi connectivity index (χ3v) is 4.49. The molecule has 0 saturated heterocycles. The summed E-state index contributed by atoms with van der Waals surface area (Å²) in [5.41, 5.74) is -0.0337. The highest BCUT2D eigenvalue weighted by atomic mass is 19.4. The average Bonchev–Trinajstić information content (AvgIpc) is 3.35. The maximum atomic E-state index is 13.2. The van der Waals surface area contributed by atoms with Gasteiger partial charge in [0.2, 0.25) is 5.82 Å². The van der Waals surface area contributed by atoms with Crippen molar-refractivity contribution in [1.82, 2.24) is 24.5 Å². The van der Waals surface area contributed by atoms with Crippen LogP contribution in [0.25, 0.3) is 28.7 Å². The Labute approximate surface area is 162 Å².